The Bertz CT molecular complexity index is 467. The molecule has 2 atom stereocenters. The van der Waals surface area contributed by atoms with Gasteiger partial charge in [0, 0.05) is 23.9 Å². The predicted octanol–water partition coefficient (Wildman–Crippen LogP) is 2.01. The summed E-state index contributed by atoms with van der Waals surface area (Å²) in [4.78, 5) is 12.1. The molecular formula is C14H19FN2O2. The van der Waals surface area contributed by atoms with Gasteiger partial charge in [-0.05, 0) is 38.3 Å². The number of methoxy groups -OCH3 is 1. The Morgan fingerprint density at radius 1 is 1.47 bits per heavy atom. The molecule has 1 aliphatic rings. The van der Waals surface area contributed by atoms with Crippen LogP contribution in [0.5, 0.6) is 0 Å². The lowest BCUT2D eigenvalue weighted by Gasteiger charge is -2.19. The molecule has 0 aliphatic heterocycles. The third kappa shape index (κ3) is 2.87. The smallest absolute Gasteiger partial charge is 0.251 e. The lowest BCUT2D eigenvalue weighted by Crippen LogP contribution is -2.40. The first-order valence-electron chi connectivity index (χ1n) is 6.42. The molecular weight excluding hydrogens is 247 g/mol. The molecule has 1 saturated carbocycles. The highest BCUT2D eigenvalue weighted by molar-refractivity contribution is 5.95. The molecule has 0 spiro atoms. The van der Waals surface area contributed by atoms with Gasteiger partial charge in [-0.15, -0.1) is 0 Å². The molecule has 2 unspecified atom stereocenters. The molecule has 1 fully saturated rings. The van der Waals surface area contributed by atoms with E-state index in [0.29, 0.717) is 11.3 Å². The number of anilines is 1. The second kappa shape index (κ2) is 5.57. The zero-order valence-electron chi connectivity index (χ0n) is 11.2. The minimum Gasteiger partial charge on any atom is -0.398 e. The number of rotatable bonds is 3. The summed E-state index contributed by atoms with van der Waals surface area (Å²) in [6, 6.07) is 2.71. The molecule has 104 valence electrons. The Morgan fingerprint density at radius 2 is 2.21 bits per heavy atom. The molecule has 1 aliphatic carbocycles. The highest BCUT2D eigenvalue weighted by atomic mass is 19.1. The average molecular weight is 266 g/mol. The number of nitrogens with one attached hydrogen (secondary N) is 1. The summed E-state index contributed by atoms with van der Waals surface area (Å²) in [5.74, 6) is -0.764. The summed E-state index contributed by atoms with van der Waals surface area (Å²) in [5.41, 5.74) is 6.59. The van der Waals surface area contributed by atoms with Crippen molar-refractivity contribution in [3.63, 3.8) is 0 Å². The molecule has 1 aromatic carbocycles. The van der Waals surface area contributed by atoms with Crippen LogP contribution in [-0.4, -0.2) is 25.2 Å². The first-order valence-corrected chi connectivity index (χ1v) is 6.42. The monoisotopic (exact) mass is 266 g/mol. The molecule has 1 aromatic rings. The van der Waals surface area contributed by atoms with Gasteiger partial charge in [-0.1, -0.05) is 0 Å². The van der Waals surface area contributed by atoms with Crippen LogP contribution < -0.4 is 11.1 Å². The summed E-state index contributed by atoms with van der Waals surface area (Å²) in [6.07, 6.45) is 2.88. The van der Waals surface area contributed by atoms with Crippen molar-refractivity contribution >= 4 is 11.6 Å². The molecule has 0 bridgehead atoms. The van der Waals surface area contributed by atoms with E-state index in [0.717, 1.165) is 19.3 Å². The predicted molar refractivity (Wildman–Crippen MR) is 71.5 cm³/mol. The number of halogens is 1. The van der Waals surface area contributed by atoms with Gasteiger partial charge in [0.05, 0.1) is 12.1 Å². The van der Waals surface area contributed by atoms with Gasteiger partial charge < -0.3 is 15.8 Å². The maximum absolute atomic E-state index is 13.6. The summed E-state index contributed by atoms with van der Waals surface area (Å²) in [5, 5.41) is 2.88. The van der Waals surface area contributed by atoms with E-state index in [9.17, 15) is 9.18 Å². The number of carbonyl (C=O) groups excluding carboxylic acids is 1. The molecule has 3 N–H and O–H groups in total. The number of carbonyl (C=O) groups is 1. The Kier molecular flexibility index (Phi) is 4.04. The Balaban J connectivity index is 2.12. The number of nitrogen functional groups attached to an aromatic ring is 1. The van der Waals surface area contributed by atoms with Crippen molar-refractivity contribution in [3.8, 4) is 0 Å². The lowest BCUT2D eigenvalue weighted by molar-refractivity contribution is 0.0722. The van der Waals surface area contributed by atoms with E-state index < -0.39 is 5.82 Å². The van der Waals surface area contributed by atoms with Crippen LogP contribution in [0.4, 0.5) is 10.1 Å². The number of nitrogens with two attached hydrogens (primary N) is 1. The second-order valence-electron chi connectivity index (χ2n) is 4.96. The van der Waals surface area contributed by atoms with Gasteiger partial charge in [0.25, 0.3) is 5.91 Å². The van der Waals surface area contributed by atoms with E-state index in [1.165, 1.54) is 12.1 Å². The van der Waals surface area contributed by atoms with Gasteiger partial charge in [0.15, 0.2) is 0 Å². The van der Waals surface area contributed by atoms with Crippen LogP contribution in [0.2, 0.25) is 0 Å². The quantitative estimate of drug-likeness (QED) is 0.823. The highest BCUT2D eigenvalue weighted by Gasteiger charge is 2.28. The van der Waals surface area contributed by atoms with Crippen molar-refractivity contribution in [3.05, 3.63) is 29.1 Å². The first-order chi connectivity index (χ1) is 9.02. The van der Waals surface area contributed by atoms with E-state index in [1.54, 1.807) is 14.0 Å². The minimum atomic E-state index is -0.458. The van der Waals surface area contributed by atoms with E-state index in [-0.39, 0.29) is 23.6 Å². The molecule has 0 heterocycles. The molecule has 0 saturated heterocycles. The Hall–Kier alpha value is -1.62. The SMILES string of the molecule is COC1CCCC1NC(=O)c1cc(N)c(C)c(F)c1. The maximum atomic E-state index is 13.6. The third-order valence-corrected chi connectivity index (χ3v) is 3.72. The standard InChI is InChI=1S/C14H19FN2O2/c1-8-10(15)6-9(7-11(8)16)14(18)17-12-4-3-5-13(12)19-2/h6-7,12-13H,3-5,16H2,1-2H3,(H,17,18). The van der Waals surface area contributed by atoms with Gasteiger partial charge in [-0.25, -0.2) is 4.39 Å². The largest absolute Gasteiger partial charge is 0.398 e. The van der Waals surface area contributed by atoms with Gasteiger partial charge in [0.1, 0.15) is 5.82 Å². The Labute approximate surface area is 112 Å². The second-order valence-corrected chi connectivity index (χ2v) is 4.96. The van der Waals surface area contributed by atoms with Crippen molar-refractivity contribution in [2.45, 2.75) is 38.3 Å². The van der Waals surface area contributed by atoms with Crippen molar-refractivity contribution < 1.29 is 13.9 Å². The molecule has 4 nitrogen and oxygen atoms in total. The topological polar surface area (TPSA) is 64.3 Å². The van der Waals surface area contributed by atoms with Crippen LogP contribution in [0, 0.1) is 12.7 Å². The van der Waals surface area contributed by atoms with Crippen LogP contribution >= 0.6 is 0 Å². The summed E-state index contributed by atoms with van der Waals surface area (Å²) < 4.78 is 18.9. The van der Waals surface area contributed by atoms with E-state index in [1.807, 2.05) is 0 Å². The van der Waals surface area contributed by atoms with Crippen LogP contribution in [0.3, 0.4) is 0 Å². The van der Waals surface area contributed by atoms with Gasteiger partial charge in [0.2, 0.25) is 0 Å². The lowest BCUT2D eigenvalue weighted by atomic mass is 10.1. The van der Waals surface area contributed by atoms with Crippen LogP contribution in [-0.2, 0) is 4.74 Å². The van der Waals surface area contributed by atoms with Gasteiger partial charge in [-0.2, -0.15) is 0 Å². The molecule has 5 heteroatoms. The van der Waals surface area contributed by atoms with Crippen molar-refractivity contribution in [1.29, 1.82) is 0 Å². The fraction of sp³-hybridized carbons (Fsp3) is 0.500. The van der Waals surface area contributed by atoms with Crippen molar-refractivity contribution in [1.82, 2.24) is 5.32 Å². The fourth-order valence-corrected chi connectivity index (χ4v) is 2.46. The summed E-state index contributed by atoms with van der Waals surface area (Å²) in [6.45, 7) is 1.59. The van der Waals surface area contributed by atoms with Crippen LogP contribution in [0.15, 0.2) is 12.1 Å². The summed E-state index contributed by atoms with van der Waals surface area (Å²) in [7, 11) is 1.64. The highest BCUT2D eigenvalue weighted by Crippen LogP contribution is 2.23. The zero-order valence-corrected chi connectivity index (χ0v) is 11.2. The average Bonchev–Trinajstić information content (AvgIpc) is 2.82. The number of ether oxygens (including phenoxy) is 1. The van der Waals surface area contributed by atoms with Crippen molar-refractivity contribution in [2.24, 2.45) is 0 Å². The molecule has 2 rings (SSSR count). The van der Waals surface area contributed by atoms with Gasteiger partial charge >= 0.3 is 0 Å². The number of amides is 1. The zero-order chi connectivity index (χ0) is 14.0. The van der Waals surface area contributed by atoms with Crippen LogP contribution in [0.25, 0.3) is 0 Å². The first kappa shape index (κ1) is 13.8. The normalized spacial score (nSPS) is 22.5. The van der Waals surface area contributed by atoms with E-state index in [2.05, 4.69) is 5.32 Å². The molecule has 19 heavy (non-hydrogen) atoms. The number of benzene rings is 1. The molecule has 0 aromatic heterocycles. The molecule has 0 radical (unpaired) electrons. The maximum Gasteiger partial charge on any atom is 0.251 e. The minimum absolute atomic E-state index is 0.0110. The summed E-state index contributed by atoms with van der Waals surface area (Å²) >= 11 is 0. The van der Waals surface area contributed by atoms with Crippen LogP contribution in [0.1, 0.15) is 35.2 Å². The van der Waals surface area contributed by atoms with Gasteiger partial charge in [-0.3, -0.25) is 4.79 Å². The fourth-order valence-electron chi connectivity index (χ4n) is 2.46. The van der Waals surface area contributed by atoms with E-state index >= 15 is 0 Å². The molecule has 1 amide bonds. The number of hydrogen-bond donors (Lipinski definition) is 2. The van der Waals surface area contributed by atoms with Crippen molar-refractivity contribution in [2.75, 3.05) is 12.8 Å². The van der Waals surface area contributed by atoms with E-state index in [4.69, 9.17) is 10.5 Å². The third-order valence-electron chi connectivity index (χ3n) is 3.72. The number of hydrogen-bond acceptors (Lipinski definition) is 3. The Morgan fingerprint density at radius 3 is 2.84 bits per heavy atom.